The summed E-state index contributed by atoms with van der Waals surface area (Å²) in [7, 11) is 3.97. The summed E-state index contributed by atoms with van der Waals surface area (Å²) >= 11 is 0. The lowest BCUT2D eigenvalue weighted by Crippen LogP contribution is -2.08. The van der Waals surface area contributed by atoms with Gasteiger partial charge >= 0.3 is 0 Å². The summed E-state index contributed by atoms with van der Waals surface area (Å²) in [5, 5.41) is 0.967. The molecule has 0 radical (unpaired) electrons. The fraction of sp³-hybridized carbons (Fsp3) is 0.118. The number of aromatic nitrogens is 1. The Labute approximate surface area is 123 Å². The van der Waals surface area contributed by atoms with Crippen LogP contribution in [0.2, 0.25) is 0 Å². The molecule has 0 aliphatic carbocycles. The number of rotatable bonds is 3. The molecule has 0 atom stereocenters. The van der Waals surface area contributed by atoms with Gasteiger partial charge in [0.2, 0.25) is 0 Å². The van der Waals surface area contributed by atoms with E-state index in [4.69, 9.17) is 10.5 Å². The van der Waals surface area contributed by atoms with Crippen LogP contribution in [-0.2, 0) is 0 Å². The Morgan fingerprint density at radius 2 is 1.81 bits per heavy atom. The molecule has 4 nitrogen and oxygen atoms in total. The molecule has 0 spiro atoms. The number of ether oxygens (including phenoxy) is 1. The highest BCUT2D eigenvalue weighted by Gasteiger charge is 2.08. The third-order valence-electron chi connectivity index (χ3n) is 3.34. The van der Waals surface area contributed by atoms with Gasteiger partial charge in [0, 0.05) is 37.4 Å². The number of hydrogen-bond acceptors (Lipinski definition) is 4. The molecule has 3 rings (SSSR count). The number of nitrogens with two attached hydrogens (primary N) is 1. The molecule has 1 heterocycles. The molecule has 0 bridgehead atoms. The van der Waals surface area contributed by atoms with Gasteiger partial charge in [0.15, 0.2) is 5.75 Å². The second kappa shape index (κ2) is 5.32. The summed E-state index contributed by atoms with van der Waals surface area (Å²) in [6.45, 7) is 0. The number of fused-ring (bicyclic) bond motifs is 1. The Morgan fingerprint density at radius 1 is 1.00 bits per heavy atom. The maximum absolute atomic E-state index is 6.02. The number of pyridine rings is 1. The first kappa shape index (κ1) is 13.2. The first-order valence-corrected chi connectivity index (χ1v) is 6.73. The molecule has 0 fully saturated rings. The molecule has 2 N–H and O–H groups in total. The maximum Gasteiger partial charge on any atom is 0.152 e. The third-order valence-corrected chi connectivity index (χ3v) is 3.34. The molecule has 0 saturated heterocycles. The monoisotopic (exact) mass is 279 g/mol. The van der Waals surface area contributed by atoms with Crippen molar-refractivity contribution in [3.05, 3.63) is 54.7 Å². The Kier molecular flexibility index (Phi) is 3.36. The van der Waals surface area contributed by atoms with Gasteiger partial charge in [0.25, 0.3) is 0 Å². The van der Waals surface area contributed by atoms with E-state index in [-0.39, 0.29) is 0 Å². The van der Waals surface area contributed by atoms with E-state index in [1.54, 1.807) is 6.20 Å². The molecule has 106 valence electrons. The lowest BCUT2D eigenvalue weighted by Gasteiger charge is -2.16. The van der Waals surface area contributed by atoms with Gasteiger partial charge in [-0.25, -0.2) is 0 Å². The van der Waals surface area contributed by atoms with Crippen LogP contribution in [0.3, 0.4) is 0 Å². The molecule has 0 unspecified atom stereocenters. The van der Waals surface area contributed by atoms with Gasteiger partial charge in [-0.1, -0.05) is 12.1 Å². The summed E-state index contributed by atoms with van der Waals surface area (Å²) in [5.74, 6) is 1.40. The van der Waals surface area contributed by atoms with Gasteiger partial charge < -0.3 is 15.4 Å². The molecule has 21 heavy (non-hydrogen) atoms. The number of anilines is 2. The quantitative estimate of drug-likeness (QED) is 0.743. The fourth-order valence-electron chi connectivity index (χ4n) is 2.17. The van der Waals surface area contributed by atoms with Gasteiger partial charge in [0.1, 0.15) is 5.75 Å². The van der Waals surface area contributed by atoms with Crippen molar-refractivity contribution in [3.8, 4) is 11.5 Å². The summed E-state index contributed by atoms with van der Waals surface area (Å²) in [5.41, 5.74) is 8.57. The summed E-state index contributed by atoms with van der Waals surface area (Å²) in [6.07, 6.45) is 1.74. The SMILES string of the molecule is CN(C)c1ccc(N)c(Oc2ccnc3ccccc23)c1. The minimum absolute atomic E-state index is 0.612. The van der Waals surface area contributed by atoms with Crippen molar-refractivity contribution in [3.63, 3.8) is 0 Å². The summed E-state index contributed by atoms with van der Waals surface area (Å²) in [4.78, 5) is 6.34. The Hall–Kier alpha value is -2.75. The Morgan fingerprint density at radius 3 is 2.62 bits per heavy atom. The van der Waals surface area contributed by atoms with Crippen molar-refractivity contribution in [2.75, 3.05) is 24.7 Å². The summed E-state index contributed by atoms with van der Waals surface area (Å²) in [6, 6.07) is 15.5. The number of benzene rings is 2. The second-order valence-corrected chi connectivity index (χ2v) is 5.04. The molecular weight excluding hydrogens is 262 g/mol. The van der Waals surface area contributed by atoms with E-state index in [0.717, 1.165) is 22.3 Å². The van der Waals surface area contributed by atoms with Gasteiger partial charge in [0.05, 0.1) is 11.2 Å². The highest BCUT2D eigenvalue weighted by atomic mass is 16.5. The third kappa shape index (κ3) is 2.60. The molecule has 2 aromatic carbocycles. The number of para-hydroxylation sites is 1. The lowest BCUT2D eigenvalue weighted by atomic mass is 10.2. The van der Waals surface area contributed by atoms with E-state index in [1.165, 1.54) is 0 Å². The molecule has 0 aliphatic rings. The zero-order chi connectivity index (χ0) is 14.8. The van der Waals surface area contributed by atoms with E-state index in [1.807, 2.05) is 67.5 Å². The van der Waals surface area contributed by atoms with Crippen molar-refractivity contribution in [1.29, 1.82) is 0 Å². The normalized spacial score (nSPS) is 10.6. The van der Waals surface area contributed by atoms with Crippen LogP contribution in [0.1, 0.15) is 0 Å². The van der Waals surface area contributed by atoms with Crippen LogP contribution >= 0.6 is 0 Å². The van der Waals surface area contributed by atoms with E-state index in [2.05, 4.69) is 4.98 Å². The van der Waals surface area contributed by atoms with E-state index < -0.39 is 0 Å². The van der Waals surface area contributed by atoms with Crippen LogP contribution < -0.4 is 15.4 Å². The molecule has 3 aromatic rings. The Bertz CT molecular complexity index is 779. The fourth-order valence-corrected chi connectivity index (χ4v) is 2.17. The standard InChI is InChI=1S/C17H17N3O/c1-20(2)12-7-8-14(18)17(11-12)21-16-9-10-19-15-6-4-3-5-13(15)16/h3-11H,18H2,1-2H3. The Balaban J connectivity index is 2.04. The first-order chi connectivity index (χ1) is 10.1. The zero-order valence-corrected chi connectivity index (χ0v) is 12.1. The summed E-state index contributed by atoms with van der Waals surface area (Å²) < 4.78 is 6.02. The van der Waals surface area contributed by atoms with Crippen LogP contribution in [-0.4, -0.2) is 19.1 Å². The minimum atomic E-state index is 0.612. The van der Waals surface area contributed by atoms with Gasteiger partial charge in [-0.3, -0.25) is 4.98 Å². The maximum atomic E-state index is 6.02. The van der Waals surface area contributed by atoms with Gasteiger partial charge in [-0.2, -0.15) is 0 Å². The molecule has 4 heteroatoms. The predicted octanol–water partition coefficient (Wildman–Crippen LogP) is 3.68. The van der Waals surface area contributed by atoms with Crippen LogP contribution in [0.25, 0.3) is 10.9 Å². The highest BCUT2D eigenvalue weighted by Crippen LogP contribution is 2.34. The molecule has 1 aromatic heterocycles. The van der Waals surface area contributed by atoms with E-state index >= 15 is 0 Å². The minimum Gasteiger partial charge on any atom is -0.454 e. The van der Waals surface area contributed by atoms with Gasteiger partial charge in [-0.05, 0) is 30.3 Å². The predicted molar refractivity (Wildman–Crippen MR) is 87.0 cm³/mol. The average Bonchev–Trinajstić information content (AvgIpc) is 2.49. The van der Waals surface area contributed by atoms with Crippen molar-refractivity contribution in [2.24, 2.45) is 0 Å². The van der Waals surface area contributed by atoms with Crippen molar-refractivity contribution >= 4 is 22.3 Å². The van der Waals surface area contributed by atoms with Crippen LogP contribution in [0.4, 0.5) is 11.4 Å². The first-order valence-electron chi connectivity index (χ1n) is 6.73. The number of nitrogen functional groups attached to an aromatic ring is 1. The lowest BCUT2D eigenvalue weighted by molar-refractivity contribution is 0.490. The number of nitrogens with zero attached hydrogens (tertiary/aromatic N) is 2. The van der Waals surface area contributed by atoms with Crippen LogP contribution in [0, 0.1) is 0 Å². The number of hydrogen-bond donors (Lipinski definition) is 1. The van der Waals surface area contributed by atoms with Crippen LogP contribution in [0.15, 0.2) is 54.7 Å². The molecular formula is C17H17N3O. The van der Waals surface area contributed by atoms with Crippen LogP contribution in [0.5, 0.6) is 11.5 Å². The van der Waals surface area contributed by atoms with E-state index in [0.29, 0.717) is 11.4 Å². The molecule has 0 saturated carbocycles. The highest BCUT2D eigenvalue weighted by molar-refractivity contribution is 5.85. The average molecular weight is 279 g/mol. The van der Waals surface area contributed by atoms with Crippen molar-refractivity contribution in [1.82, 2.24) is 4.98 Å². The largest absolute Gasteiger partial charge is 0.454 e. The smallest absolute Gasteiger partial charge is 0.152 e. The van der Waals surface area contributed by atoms with Gasteiger partial charge in [-0.15, -0.1) is 0 Å². The second-order valence-electron chi connectivity index (χ2n) is 5.04. The van der Waals surface area contributed by atoms with Crippen molar-refractivity contribution in [2.45, 2.75) is 0 Å². The molecule has 0 aliphatic heterocycles. The van der Waals surface area contributed by atoms with Crippen molar-refractivity contribution < 1.29 is 4.74 Å². The molecule has 0 amide bonds. The zero-order valence-electron chi connectivity index (χ0n) is 12.1. The van der Waals surface area contributed by atoms with E-state index in [9.17, 15) is 0 Å². The topological polar surface area (TPSA) is 51.4 Å².